The number of allylic oxidation sites excluding steroid dienone is 1. The van der Waals surface area contributed by atoms with Crippen LogP contribution in [-0.4, -0.2) is 37.8 Å². The second-order valence-corrected chi connectivity index (χ2v) is 2.87. The number of nitrogens with zero attached hydrogens (tertiary/aromatic N) is 1. The van der Waals surface area contributed by atoms with E-state index in [0.717, 1.165) is 5.06 Å². The molecule has 0 saturated carbocycles. The van der Waals surface area contributed by atoms with Crippen LogP contribution in [0.2, 0.25) is 0 Å². The van der Waals surface area contributed by atoms with Crippen molar-refractivity contribution in [2.45, 2.75) is 6.42 Å². The SMILES string of the molecule is C=CCC(COC(N)=O)C(=O)N(C)OC. The molecule has 0 aliphatic heterocycles. The van der Waals surface area contributed by atoms with Crippen LogP contribution in [0.4, 0.5) is 4.79 Å². The third-order valence-electron chi connectivity index (χ3n) is 1.81. The van der Waals surface area contributed by atoms with Crippen LogP contribution in [0.25, 0.3) is 0 Å². The normalized spacial score (nSPS) is 11.6. The Hall–Kier alpha value is -1.56. The fraction of sp³-hybridized carbons (Fsp3) is 0.556. The number of ether oxygens (including phenoxy) is 1. The Labute approximate surface area is 88.6 Å². The van der Waals surface area contributed by atoms with Crippen LogP contribution in [0, 0.1) is 5.92 Å². The van der Waals surface area contributed by atoms with E-state index in [4.69, 9.17) is 10.6 Å². The summed E-state index contributed by atoms with van der Waals surface area (Å²) in [5.41, 5.74) is 4.80. The van der Waals surface area contributed by atoms with Gasteiger partial charge in [-0.3, -0.25) is 9.63 Å². The zero-order valence-electron chi connectivity index (χ0n) is 8.93. The van der Waals surface area contributed by atoms with E-state index in [1.165, 1.54) is 14.2 Å². The summed E-state index contributed by atoms with van der Waals surface area (Å²) in [6.45, 7) is 3.44. The molecule has 1 unspecified atom stereocenters. The van der Waals surface area contributed by atoms with Crippen molar-refractivity contribution in [3.63, 3.8) is 0 Å². The van der Waals surface area contributed by atoms with Gasteiger partial charge in [-0.1, -0.05) is 6.08 Å². The second-order valence-electron chi connectivity index (χ2n) is 2.87. The minimum absolute atomic E-state index is 0.0755. The molecule has 0 radical (unpaired) electrons. The first-order chi connectivity index (χ1) is 7.02. The quantitative estimate of drug-likeness (QED) is 0.511. The first-order valence-corrected chi connectivity index (χ1v) is 4.37. The van der Waals surface area contributed by atoms with Crippen molar-refractivity contribution in [1.82, 2.24) is 5.06 Å². The van der Waals surface area contributed by atoms with Crippen molar-refractivity contribution in [2.75, 3.05) is 20.8 Å². The number of carbonyl (C=O) groups excluding carboxylic acids is 2. The Morgan fingerprint density at radius 1 is 1.60 bits per heavy atom. The van der Waals surface area contributed by atoms with E-state index in [1.54, 1.807) is 6.08 Å². The zero-order chi connectivity index (χ0) is 11.8. The molecule has 6 heteroatoms. The van der Waals surface area contributed by atoms with Gasteiger partial charge in [0.25, 0.3) is 5.91 Å². The molecule has 2 N–H and O–H groups in total. The minimum Gasteiger partial charge on any atom is -0.449 e. The number of hydrogen-bond acceptors (Lipinski definition) is 4. The molecule has 6 nitrogen and oxygen atoms in total. The van der Waals surface area contributed by atoms with Gasteiger partial charge in [0.05, 0.1) is 13.0 Å². The topological polar surface area (TPSA) is 81.9 Å². The molecule has 0 spiro atoms. The van der Waals surface area contributed by atoms with Crippen LogP contribution in [-0.2, 0) is 14.4 Å². The lowest BCUT2D eigenvalue weighted by Gasteiger charge is -2.20. The largest absolute Gasteiger partial charge is 0.449 e. The summed E-state index contributed by atoms with van der Waals surface area (Å²) in [6.07, 6.45) is 1.05. The van der Waals surface area contributed by atoms with Gasteiger partial charge in [0, 0.05) is 7.05 Å². The van der Waals surface area contributed by atoms with Crippen molar-refractivity contribution < 1.29 is 19.2 Å². The van der Waals surface area contributed by atoms with Crippen LogP contribution < -0.4 is 5.73 Å². The molecule has 0 aliphatic carbocycles. The predicted octanol–water partition coefficient (Wildman–Crippen LogP) is 0.294. The van der Waals surface area contributed by atoms with Gasteiger partial charge in [0.2, 0.25) is 0 Å². The molecule has 0 rings (SSSR count). The Balaban J connectivity index is 4.30. The zero-order valence-corrected chi connectivity index (χ0v) is 8.93. The molecule has 86 valence electrons. The average Bonchev–Trinajstić information content (AvgIpc) is 2.21. The Morgan fingerprint density at radius 2 is 2.20 bits per heavy atom. The molecule has 0 bridgehead atoms. The van der Waals surface area contributed by atoms with Gasteiger partial charge >= 0.3 is 6.09 Å². The van der Waals surface area contributed by atoms with Gasteiger partial charge in [-0.15, -0.1) is 6.58 Å². The van der Waals surface area contributed by atoms with Crippen LogP contribution in [0.15, 0.2) is 12.7 Å². The highest BCUT2D eigenvalue weighted by Gasteiger charge is 2.22. The lowest BCUT2D eigenvalue weighted by atomic mass is 10.1. The molecule has 0 aliphatic rings. The summed E-state index contributed by atoms with van der Waals surface area (Å²) < 4.78 is 4.56. The van der Waals surface area contributed by atoms with Gasteiger partial charge in [0.1, 0.15) is 6.61 Å². The lowest BCUT2D eigenvalue weighted by molar-refractivity contribution is -0.174. The molecular weight excluding hydrogens is 200 g/mol. The molecule has 0 aromatic rings. The summed E-state index contributed by atoms with van der Waals surface area (Å²) >= 11 is 0. The molecular formula is C9H16N2O4. The lowest BCUT2D eigenvalue weighted by Crippen LogP contribution is -2.35. The molecule has 0 aromatic heterocycles. The highest BCUT2D eigenvalue weighted by atomic mass is 16.7. The Kier molecular flexibility index (Phi) is 6.12. The van der Waals surface area contributed by atoms with E-state index in [9.17, 15) is 9.59 Å². The first-order valence-electron chi connectivity index (χ1n) is 4.37. The number of rotatable bonds is 6. The van der Waals surface area contributed by atoms with Crippen molar-refractivity contribution >= 4 is 12.0 Å². The summed E-state index contributed by atoms with van der Waals surface area (Å²) in [6, 6.07) is 0. The standard InChI is InChI=1S/C9H16N2O4/c1-4-5-7(6-15-9(10)13)8(12)11(2)14-3/h4,7H,1,5-6H2,2-3H3,(H2,10,13). The number of amides is 2. The second kappa shape index (κ2) is 6.83. The van der Waals surface area contributed by atoms with Crippen molar-refractivity contribution in [2.24, 2.45) is 11.7 Å². The predicted molar refractivity (Wildman–Crippen MR) is 53.6 cm³/mol. The van der Waals surface area contributed by atoms with Crippen molar-refractivity contribution in [1.29, 1.82) is 0 Å². The van der Waals surface area contributed by atoms with E-state index in [0.29, 0.717) is 6.42 Å². The van der Waals surface area contributed by atoms with Crippen LogP contribution in [0.5, 0.6) is 0 Å². The van der Waals surface area contributed by atoms with E-state index in [2.05, 4.69) is 11.3 Å². The third kappa shape index (κ3) is 5.02. The van der Waals surface area contributed by atoms with Gasteiger partial charge in [0.15, 0.2) is 0 Å². The monoisotopic (exact) mass is 216 g/mol. The molecule has 0 saturated heterocycles. The Bertz CT molecular complexity index is 242. The van der Waals surface area contributed by atoms with Gasteiger partial charge in [-0.05, 0) is 6.42 Å². The number of carbonyl (C=O) groups is 2. The summed E-state index contributed by atoms with van der Waals surface area (Å²) in [4.78, 5) is 26.7. The molecule has 0 fully saturated rings. The van der Waals surface area contributed by atoms with E-state index >= 15 is 0 Å². The van der Waals surface area contributed by atoms with E-state index < -0.39 is 12.0 Å². The van der Waals surface area contributed by atoms with Gasteiger partial charge < -0.3 is 10.5 Å². The first kappa shape index (κ1) is 13.4. The minimum atomic E-state index is -0.906. The highest BCUT2D eigenvalue weighted by molar-refractivity contribution is 5.78. The fourth-order valence-corrected chi connectivity index (χ4v) is 0.971. The molecule has 15 heavy (non-hydrogen) atoms. The number of hydrogen-bond donors (Lipinski definition) is 1. The van der Waals surface area contributed by atoms with Gasteiger partial charge in [-0.2, -0.15) is 0 Å². The summed E-state index contributed by atoms with van der Waals surface area (Å²) in [7, 11) is 2.85. The average molecular weight is 216 g/mol. The van der Waals surface area contributed by atoms with Crippen LogP contribution in [0.1, 0.15) is 6.42 Å². The van der Waals surface area contributed by atoms with Crippen molar-refractivity contribution in [3.05, 3.63) is 12.7 Å². The molecule has 2 amide bonds. The number of hydroxylamine groups is 2. The maximum Gasteiger partial charge on any atom is 0.404 e. The molecule has 0 aromatic carbocycles. The fourth-order valence-electron chi connectivity index (χ4n) is 0.971. The summed E-state index contributed by atoms with van der Waals surface area (Å²) in [5, 5.41) is 1.07. The number of nitrogens with two attached hydrogens (primary N) is 1. The van der Waals surface area contributed by atoms with Gasteiger partial charge in [-0.25, -0.2) is 9.86 Å². The molecule has 1 atom stereocenters. The Morgan fingerprint density at radius 3 is 2.60 bits per heavy atom. The maximum atomic E-state index is 11.6. The van der Waals surface area contributed by atoms with Crippen molar-refractivity contribution in [3.8, 4) is 0 Å². The maximum absolute atomic E-state index is 11.6. The summed E-state index contributed by atoms with van der Waals surface area (Å²) in [5.74, 6) is -0.807. The number of primary amides is 1. The van der Waals surface area contributed by atoms with Crippen LogP contribution in [0.3, 0.4) is 0 Å². The van der Waals surface area contributed by atoms with E-state index in [-0.39, 0.29) is 12.5 Å². The highest BCUT2D eigenvalue weighted by Crippen LogP contribution is 2.08. The smallest absolute Gasteiger partial charge is 0.404 e. The third-order valence-corrected chi connectivity index (χ3v) is 1.81. The molecule has 0 heterocycles. The van der Waals surface area contributed by atoms with Crippen LogP contribution >= 0.6 is 0 Å². The van der Waals surface area contributed by atoms with E-state index in [1.807, 2.05) is 0 Å².